The van der Waals surface area contributed by atoms with E-state index in [1.165, 1.54) is 58.1 Å². The molecular formula is C29H30N4. The molecule has 3 aliphatic heterocycles. The second kappa shape index (κ2) is 7.46. The zero-order valence-corrected chi connectivity index (χ0v) is 19.1. The molecule has 0 saturated carbocycles. The molecule has 0 aliphatic carbocycles. The molecule has 2 fully saturated rings. The number of H-pyrrole nitrogens is 1. The van der Waals surface area contributed by atoms with Crippen LogP contribution in [0.15, 0.2) is 72.4 Å². The number of nitrogens with zero attached hydrogens (tertiary/aromatic N) is 2. The third kappa shape index (κ3) is 2.97. The maximum absolute atomic E-state index is 4.88. The Balaban J connectivity index is 1.22. The summed E-state index contributed by atoms with van der Waals surface area (Å²) in [6.45, 7) is 4.51. The van der Waals surface area contributed by atoms with E-state index in [1.54, 1.807) is 5.57 Å². The number of aromatic amines is 1. The number of fused-ring (bicyclic) bond motifs is 8. The van der Waals surface area contributed by atoms with Crippen LogP contribution >= 0.6 is 0 Å². The minimum Gasteiger partial charge on any atom is -0.380 e. The van der Waals surface area contributed by atoms with E-state index in [9.17, 15) is 0 Å². The van der Waals surface area contributed by atoms with Gasteiger partial charge in [-0.05, 0) is 62.4 Å². The number of benzene rings is 2. The minimum atomic E-state index is 0.522. The van der Waals surface area contributed by atoms with Gasteiger partial charge >= 0.3 is 0 Å². The molecule has 7 rings (SSSR count). The second-order valence-electron chi connectivity index (χ2n) is 10.0. The molecule has 5 heterocycles. The van der Waals surface area contributed by atoms with Crippen LogP contribution in [0.3, 0.4) is 0 Å². The van der Waals surface area contributed by atoms with E-state index in [0.29, 0.717) is 23.9 Å². The highest BCUT2D eigenvalue weighted by Crippen LogP contribution is 2.46. The van der Waals surface area contributed by atoms with E-state index in [-0.39, 0.29) is 0 Å². The predicted molar refractivity (Wildman–Crippen MR) is 136 cm³/mol. The van der Waals surface area contributed by atoms with Crippen LogP contribution < -0.4 is 5.32 Å². The lowest BCUT2D eigenvalue weighted by atomic mass is 9.74. The van der Waals surface area contributed by atoms with Crippen LogP contribution in [-0.4, -0.2) is 40.0 Å². The summed E-state index contributed by atoms with van der Waals surface area (Å²) >= 11 is 0. The van der Waals surface area contributed by atoms with Crippen LogP contribution in [0.25, 0.3) is 21.8 Å². The number of aromatic nitrogens is 2. The van der Waals surface area contributed by atoms with Crippen molar-refractivity contribution < 1.29 is 0 Å². The van der Waals surface area contributed by atoms with E-state index >= 15 is 0 Å². The van der Waals surface area contributed by atoms with Crippen molar-refractivity contribution in [3.05, 3.63) is 83.7 Å². The smallest absolute Gasteiger partial charge is 0.0684 e. The SMILES string of the molecule is C/C=C1/CN2CCC3c4ccccc4NC3C2CC1Cc1nccc2c1[nH]c1ccccc12. The van der Waals surface area contributed by atoms with Gasteiger partial charge in [-0.2, -0.15) is 0 Å². The van der Waals surface area contributed by atoms with Crippen molar-refractivity contribution in [1.29, 1.82) is 0 Å². The summed E-state index contributed by atoms with van der Waals surface area (Å²) in [6, 6.07) is 20.8. The average molecular weight is 435 g/mol. The Labute approximate surface area is 194 Å². The molecule has 2 N–H and O–H groups in total. The fourth-order valence-electron chi connectivity index (χ4n) is 6.88. The Kier molecular flexibility index (Phi) is 4.38. The Morgan fingerprint density at radius 1 is 1.06 bits per heavy atom. The van der Waals surface area contributed by atoms with E-state index in [0.717, 1.165) is 13.0 Å². The number of para-hydroxylation sites is 2. The normalized spacial score (nSPS) is 28.0. The molecule has 0 radical (unpaired) electrons. The third-order valence-electron chi connectivity index (χ3n) is 8.48. The van der Waals surface area contributed by atoms with Crippen LogP contribution in [0.5, 0.6) is 0 Å². The third-order valence-corrected chi connectivity index (χ3v) is 8.48. The Hall–Kier alpha value is -3.11. The fraction of sp³-hybridized carbons (Fsp3) is 0.345. The summed E-state index contributed by atoms with van der Waals surface area (Å²) < 4.78 is 0. The quantitative estimate of drug-likeness (QED) is 0.387. The molecule has 2 aromatic heterocycles. The predicted octanol–water partition coefficient (Wildman–Crippen LogP) is 5.88. The standard InChI is InChI=1S/C29H30N4/c1-2-18-17-33-14-12-23-21-8-4-6-10-25(21)32-29(23)27(33)16-19(18)15-26-28-22(11-13-30-26)20-7-3-5-9-24(20)31-28/h2-11,13,19,23,27,29,31-32H,12,14-17H2,1H3/b18-2-. The van der Waals surface area contributed by atoms with E-state index in [2.05, 4.69) is 82.8 Å². The van der Waals surface area contributed by atoms with E-state index in [4.69, 9.17) is 4.98 Å². The van der Waals surface area contributed by atoms with Crippen molar-refractivity contribution in [2.24, 2.45) is 5.92 Å². The van der Waals surface area contributed by atoms with Gasteiger partial charge in [0.05, 0.1) is 11.2 Å². The number of pyridine rings is 1. The first kappa shape index (κ1) is 19.4. The van der Waals surface area contributed by atoms with Crippen molar-refractivity contribution in [3.63, 3.8) is 0 Å². The number of anilines is 1. The average Bonchev–Trinajstić information content (AvgIpc) is 3.43. The number of nitrogens with one attached hydrogen (secondary N) is 2. The fourth-order valence-corrected chi connectivity index (χ4v) is 6.88. The van der Waals surface area contributed by atoms with Crippen molar-refractivity contribution in [2.75, 3.05) is 18.4 Å². The molecule has 2 saturated heterocycles. The molecule has 4 unspecified atom stereocenters. The molecule has 4 nitrogen and oxygen atoms in total. The number of hydrogen-bond donors (Lipinski definition) is 2. The summed E-state index contributed by atoms with van der Waals surface area (Å²) in [7, 11) is 0. The first-order valence-corrected chi connectivity index (χ1v) is 12.4. The molecular weight excluding hydrogens is 404 g/mol. The number of hydrogen-bond acceptors (Lipinski definition) is 3. The van der Waals surface area contributed by atoms with Gasteiger partial charge in [-0.1, -0.05) is 48.0 Å². The largest absolute Gasteiger partial charge is 0.380 e. The second-order valence-corrected chi connectivity index (χ2v) is 10.0. The molecule has 166 valence electrons. The van der Waals surface area contributed by atoms with Crippen LogP contribution in [0.2, 0.25) is 0 Å². The Morgan fingerprint density at radius 3 is 2.88 bits per heavy atom. The summed E-state index contributed by atoms with van der Waals surface area (Å²) in [5, 5.41) is 6.50. The first-order chi connectivity index (χ1) is 16.3. The lowest BCUT2D eigenvalue weighted by Gasteiger charge is -2.49. The molecule has 33 heavy (non-hydrogen) atoms. The highest BCUT2D eigenvalue weighted by Gasteiger charge is 2.46. The highest BCUT2D eigenvalue weighted by molar-refractivity contribution is 6.07. The lowest BCUT2D eigenvalue weighted by Crippen LogP contribution is -2.56. The zero-order valence-electron chi connectivity index (χ0n) is 19.1. The Bertz CT molecular complexity index is 1380. The number of rotatable bonds is 2. The van der Waals surface area contributed by atoms with Gasteiger partial charge in [0.15, 0.2) is 0 Å². The van der Waals surface area contributed by atoms with Gasteiger partial charge < -0.3 is 10.3 Å². The summed E-state index contributed by atoms with van der Waals surface area (Å²) in [4.78, 5) is 11.3. The maximum Gasteiger partial charge on any atom is 0.0684 e. The zero-order chi connectivity index (χ0) is 21.9. The summed E-state index contributed by atoms with van der Waals surface area (Å²) in [5.41, 5.74) is 8.08. The topological polar surface area (TPSA) is 44.0 Å². The van der Waals surface area contributed by atoms with Crippen LogP contribution in [-0.2, 0) is 6.42 Å². The first-order valence-electron chi connectivity index (χ1n) is 12.4. The van der Waals surface area contributed by atoms with Crippen molar-refractivity contribution >= 4 is 27.5 Å². The van der Waals surface area contributed by atoms with Gasteiger partial charge in [0.1, 0.15) is 0 Å². The molecule has 4 heteroatoms. The van der Waals surface area contributed by atoms with Gasteiger partial charge in [0.2, 0.25) is 0 Å². The van der Waals surface area contributed by atoms with Crippen molar-refractivity contribution in [3.8, 4) is 0 Å². The summed E-state index contributed by atoms with van der Waals surface area (Å²) in [5.74, 6) is 1.18. The van der Waals surface area contributed by atoms with Gasteiger partial charge in [0.25, 0.3) is 0 Å². The molecule has 2 aromatic carbocycles. The van der Waals surface area contributed by atoms with Crippen molar-refractivity contribution in [2.45, 2.75) is 44.2 Å². The number of allylic oxidation sites excluding steroid dienone is 1. The summed E-state index contributed by atoms with van der Waals surface area (Å²) in [6.07, 6.45) is 7.81. The lowest BCUT2D eigenvalue weighted by molar-refractivity contribution is 0.0913. The molecule has 0 amide bonds. The van der Waals surface area contributed by atoms with Crippen molar-refractivity contribution in [1.82, 2.24) is 14.9 Å². The monoisotopic (exact) mass is 434 g/mol. The molecule has 0 spiro atoms. The molecule has 4 atom stereocenters. The number of piperidine rings is 2. The van der Waals surface area contributed by atoms with Crippen LogP contribution in [0.1, 0.15) is 36.9 Å². The molecule has 0 bridgehead atoms. The van der Waals surface area contributed by atoms with Gasteiger partial charge in [-0.25, -0.2) is 0 Å². The maximum atomic E-state index is 4.88. The van der Waals surface area contributed by atoms with Gasteiger partial charge in [-0.3, -0.25) is 9.88 Å². The van der Waals surface area contributed by atoms with Gasteiger partial charge in [-0.15, -0.1) is 0 Å². The molecule has 3 aliphatic rings. The van der Waals surface area contributed by atoms with Gasteiger partial charge in [0, 0.05) is 52.7 Å². The Morgan fingerprint density at radius 2 is 1.94 bits per heavy atom. The van der Waals surface area contributed by atoms with E-state index < -0.39 is 0 Å². The van der Waals surface area contributed by atoms with Crippen LogP contribution in [0, 0.1) is 5.92 Å². The van der Waals surface area contributed by atoms with E-state index in [1.807, 2.05) is 6.20 Å². The van der Waals surface area contributed by atoms with Crippen LogP contribution in [0.4, 0.5) is 5.69 Å². The minimum absolute atomic E-state index is 0.522. The highest BCUT2D eigenvalue weighted by atomic mass is 15.2. The molecule has 4 aromatic rings.